The average Bonchev–Trinajstić information content (AvgIpc) is 2.15. The predicted molar refractivity (Wildman–Crippen MR) is 62.1 cm³/mol. The molecule has 1 aromatic rings. The molecule has 0 saturated carbocycles. The molecule has 0 radical (unpaired) electrons. The zero-order chi connectivity index (χ0) is 13.1. The molecule has 0 spiro atoms. The minimum Gasteiger partial charge on any atom is -0.491 e. The van der Waals surface area contributed by atoms with Crippen LogP contribution in [-0.4, -0.2) is 20.6 Å². The van der Waals surface area contributed by atoms with Crippen LogP contribution in [0, 0.1) is 0 Å². The highest BCUT2D eigenvalue weighted by molar-refractivity contribution is 7.90. The Labute approximate surface area is 99.8 Å². The molecule has 0 aliphatic heterocycles. The van der Waals surface area contributed by atoms with Crippen LogP contribution in [0.5, 0.6) is 5.75 Å². The number of nitrogens with one attached hydrogen (secondary N) is 1. The molecule has 1 rings (SSSR count). The van der Waals surface area contributed by atoms with Gasteiger partial charge in [-0.3, -0.25) is 0 Å². The van der Waals surface area contributed by atoms with E-state index in [0.717, 1.165) is 0 Å². The van der Waals surface area contributed by atoms with Gasteiger partial charge >= 0.3 is 6.03 Å². The van der Waals surface area contributed by atoms with E-state index in [1.165, 1.54) is 24.3 Å². The van der Waals surface area contributed by atoms with E-state index in [1.807, 2.05) is 13.8 Å². The van der Waals surface area contributed by atoms with Crippen molar-refractivity contribution < 1.29 is 17.9 Å². The van der Waals surface area contributed by atoms with E-state index in [4.69, 9.17) is 10.5 Å². The summed E-state index contributed by atoms with van der Waals surface area (Å²) in [5.74, 6) is 0.554. The number of primary amides is 1. The van der Waals surface area contributed by atoms with Gasteiger partial charge in [0, 0.05) is 0 Å². The van der Waals surface area contributed by atoms with Crippen LogP contribution >= 0.6 is 0 Å². The Morgan fingerprint density at radius 1 is 1.29 bits per heavy atom. The monoisotopic (exact) mass is 258 g/mol. The second-order valence-corrected chi connectivity index (χ2v) is 5.29. The van der Waals surface area contributed by atoms with E-state index < -0.39 is 16.1 Å². The summed E-state index contributed by atoms with van der Waals surface area (Å²) in [6, 6.07) is 4.57. The van der Waals surface area contributed by atoms with Crippen LogP contribution in [0.2, 0.25) is 0 Å². The third kappa shape index (κ3) is 3.95. The van der Waals surface area contributed by atoms with Gasteiger partial charge in [-0.1, -0.05) is 0 Å². The van der Waals surface area contributed by atoms with Crippen molar-refractivity contribution in [3.8, 4) is 5.75 Å². The zero-order valence-corrected chi connectivity index (χ0v) is 10.3. The average molecular weight is 258 g/mol. The van der Waals surface area contributed by atoms with Crippen molar-refractivity contribution in [3.63, 3.8) is 0 Å². The van der Waals surface area contributed by atoms with Gasteiger partial charge in [-0.05, 0) is 38.1 Å². The van der Waals surface area contributed by atoms with Crippen molar-refractivity contribution in [2.75, 3.05) is 0 Å². The van der Waals surface area contributed by atoms with Gasteiger partial charge in [-0.15, -0.1) is 0 Å². The van der Waals surface area contributed by atoms with Crippen LogP contribution in [0.1, 0.15) is 13.8 Å². The second-order valence-electron chi connectivity index (χ2n) is 3.61. The summed E-state index contributed by atoms with van der Waals surface area (Å²) in [7, 11) is -3.88. The first kappa shape index (κ1) is 13.3. The Morgan fingerprint density at radius 2 is 1.82 bits per heavy atom. The van der Waals surface area contributed by atoms with E-state index in [0.29, 0.717) is 5.75 Å². The number of sulfonamides is 1. The maximum absolute atomic E-state index is 11.5. The Morgan fingerprint density at radius 3 is 2.24 bits per heavy atom. The summed E-state index contributed by atoms with van der Waals surface area (Å²) in [5, 5.41) is 0. The Hall–Kier alpha value is -1.76. The van der Waals surface area contributed by atoms with Crippen molar-refractivity contribution in [1.29, 1.82) is 0 Å². The minimum absolute atomic E-state index is 0.00111. The first-order valence-electron chi connectivity index (χ1n) is 4.90. The van der Waals surface area contributed by atoms with Crippen molar-refractivity contribution in [2.45, 2.75) is 24.8 Å². The molecule has 0 unspecified atom stereocenters. The fourth-order valence-corrected chi connectivity index (χ4v) is 2.04. The number of hydrogen-bond donors (Lipinski definition) is 2. The summed E-state index contributed by atoms with van der Waals surface area (Å²) in [6.07, 6.45) is 0.00111. The van der Waals surface area contributed by atoms with Gasteiger partial charge in [-0.2, -0.15) is 0 Å². The van der Waals surface area contributed by atoms with Crippen LogP contribution in [-0.2, 0) is 10.0 Å². The highest BCUT2D eigenvalue weighted by Gasteiger charge is 2.15. The number of ether oxygens (including phenoxy) is 1. The third-order valence-electron chi connectivity index (χ3n) is 1.74. The minimum atomic E-state index is -3.88. The molecule has 2 amide bonds. The summed E-state index contributed by atoms with van der Waals surface area (Å²) < 4.78 is 30.1. The molecule has 3 N–H and O–H groups in total. The van der Waals surface area contributed by atoms with Crippen LogP contribution in [0.3, 0.4) is 0 Å². The lowest BCUT2D eigenvalue weighted by Crippen LogP contribution is -2.34. The van der Waals surface area contributed by atoms with Crippen LogP contribution < -0.4 is 15.2 Å². The number of carbonyl (C=O) groups excluding carboxylic acids is 1. The molecule has 94 valence electrons. The molecule has 7 heteroatoms. The number of nitrogens with two attached hydrogens (primary N) is 1. The van der Waals surface area contributed by atoms with Gasteiger partial charge in [0.2, 0.25) is 0 Å². The van der Waals surface area contributed by atoms with E-state index in [-0.39, 0.29) is 11.0 Å². The fraction of sp³-hybridized carbons (Fsp3) is 0.300. The standard InChI is InChI=1S/C10H14N2O4S/c1-7(2)16-8-3-5-9(6-4-8)17(14,15)12-10(11)13/h3-7H,1-2H3,(H3,11,12,13). The van der Waals surface area contributed by atoms with Gasteiger partial charge in [0.15, 0.2) is 0 Å². The lowest BCUT2D eigenvalue weighted by atomic mass is 10.3. The van der Waals surface area contributed by atoms with Crippen molar-refractivity contribution in [3.05, 3.63) is 24.3 Å². The molecule has 0 atom stereocenters. The topological polar surface area (TPSA) is 98.5 Å². The maximum atomic E-state index is 11.5. The molecule has 0 aliphatic carbocycles. The lowest BCUT2D eigenvalue weighted by Gasteiger charge is -2.10. The van der Waals surface area contributed by atoms with E-state index >= 15 is 0 Å². The zero-order valence-electron chi connectivity index (χ0n) is 9.51. The van der Waals surface area contributed by atoms with Gasteiger partial charge in [0.05, 0.1) is 11.0 Å². The highest BCUT2D eigenvalue weighted by Crippen LogP contribution is 2.16. The Kier molecular flexibility index (Phi) is 3.95. The smallest absolute Gasteiger partial charge is 0.326 e. The number of urea groups is 1. The van der Waals surface area contributed by atoms with Crippen molar-refractivity contribution in [2.24, 2.45) is 5.73 Å². The maximum Gasteiger partial charge on any atom is 0.326 e. The molecule has 0 saturated heterocycles. The molecule has 17 heavy (non-hydrogen) atoms. The van der Waals surface area contributed by atoms with Gasteiger partial charge in [0.25, 0.3) is 10.0 Å². The molecule has 1 aromatic carbocycles. The van der Waals surface area contributed by atoms with Gasteiger partial charge < -0.3 is 10.5 Å². The molecule has 0 aromatic heterocycles. The number of carbonyl (C=O) groups is 1. The normalized spacial score (nSPS) is 11.2. The van der Waals surface area contributed by atoms with E-state index in [9.17, 15) is 13.2 Å². The SMILES string of the molecule is CC(C)Oc1ccc(S(=O)(=O)NC(N)=O)cc1. The van der Waals surface area contributed by atoms with Crippen LogP contribution in [0.25, 0.3) is 0 Å². The molecular formula is C10H14N2O4S. The largest absolute Gasteiger partial charge is 0.491 e. The molecule has 0 heterocycles. The van der Waals surface area contributed by atoms with Crippen LogP contribution in [0.15, 0.2) is 29.2 Å². The van der Waals surface area contributed by atoms with E-state index in [1.54, 1.807) is 4.72 Å². The number of amides is 2. The molecule has 0 bridgehead atoms. The fourth-order valence-electron chi connectivity index (χ4n) is 1.16. The number of hydrogen-bond acceptors (Lipinski definition) is 4. The first-order valence-corrected chi connectivity index (χ1v) is 6.38. The summed E-state index contributed by atoms with van der Waals surface area (Å²) >= 11 is 0. The van der Waals surface area contributed by atoms with Crippen molar-refractivity contribution in [1.82, 2.24) is 4.72 Å². The molecule has 0 aliphatic rings. The Bertz CT molecular complexity index is 494. The first-order chi connectivity index (χ1) is 7.81. The Balaban J connectivity index is 2.91. The van der Waals surface area contributed by atoms with Crippen molar-refractivity contribution >= 4 is 16.1 Å². The lowest BCUT2D eigenvalue weighted by molar-refractivity contribution is 0.242. The third-order valence-corrected chi connectivity index (χ3v) is 3.10. The molecular weight excluding hydrogens is 244 g/mol. The van der Waals surface area contributed by atoms with Crippen LogP contribution in [0.4, 0.5) is 4.79 Å². The number of benzene rings is 1. The summed E-state index contributed by atoms with van der Waals surface area (Å²) in [4.78, 5) is 10.5. The second kappa shape index (κ2) is 5.05. The predicted octanol–water partition coefficient (Wildman–Crippen LogP) is 0.831. The quantitative estimate of drug-likeness (QED) is 0.835. The van der Waals surface area contributed by atoms with E-state index in [2.05, 4.69) is 0 Å². The summed E-state index contributed by atoms with van der Waals surface area (Å²) in [5.41, 5.74) is 4.76. The van der Waals surface area contributed by atoms with Gasteiger partial charge in [-0.25, -0.2) is 17.9 Å². The highest BCUT2D eigenvalue weighted by atomic mass is 32.2. The summed E-state index contributed by atoms with van der Waals surface area (Å²) in [6.45, 7) is 3.72. The molecule has 6 nitrogen and oxygen atoms in total. The van der Waals surface area contributed by atoms with Gasteiger partial charge in [0.1, 0.15) is 5.75 Å². The molecule has 0 fully saturated rings. The number of rotatable bonds is 4.